The Labute approximate surface area is 121 Å². The summed E-state index contributed by atoms with van der Waals surface area (Å²) in [6.45, 7) is 4.44. The van der Waals surface area contributed by atoms with Crippen molar-refractivity contribution in [1.82, 2.24) is 14.7 Å². The SMILES string of the molecule is CC(C)[C@@H](N)C(=O)N(C)Cc1cnn(C)c1.Cl.Cl. The van der Waals surface area contributed by atoms with E-state index >= 15 is 0 Å². The number of halogens is 2. The molecule has 1 heterocycles. The Morgan fingerprint density at radius 3 is 2.44 bits per heavy atom. The summed E-state index contributed by atoms with van der Waals surface area (Å²) in [6, 6.07) is -0.429. The van der Waals surface area contributed by atoms with Crippen LogP contribution in [0.25, 0.3) is 0 Å². The molecule has 0 spiro atoms. The average molecular weight is 297 g/mol. The summed E-state index contributed by atoms with van der Waals surface area (Å²) in [5.41, 5.74) is 6.82. The van der Waals surface area contributed by atoms with Gasteiger partial charge in [-0.15, -0.1) is 24.8 Å². The summed E-state index contributed by atoms with van der Waals surface area (Å²) in [4.78, 5) is 13.5. The molecule has 0 aromatic carbocycles. The molecule has 2 N–H and O–H groups in total. The van der Waals surface area contributed by atoms with Gasteiger partial charge in [0.2, 0.25) is 5.91 Å². The third kappa shape index (κ3) is 5.25. The number of nitrogens with zero attached hydrogens (tertiary/aromatic N) is 3. The van der Waals surface area contributed by atoms with Gasteiger partial charge in [-0.2, -0.15) is 5.10 Å². The highest BCUT2D eigenvalue weighted by molar-refractivity contribution is 5.85. The van der Waals surface area contributed by atoms with E-state index in [1.165, 1.54) is 0 Å². The molecule has 0 saturated carbocycles. The molecule has 0 aliphatic heterocycles. The highest BCUT2D eigenvalue weighted by Crippen LogP contribution is 2.06. The Hall–Kier alpha value is -0.780. The number of amides is 1. The summed E-state index contributed by atoms with van der Waals surface area (Å²) in [5, 5.41) is 4.06. The first-order valence-electron chi connectivity index (χ1n) is 5.40. The van der Waals surface area contributed by atoms with Gasteiger partial charge in [-0.1, -0.05) is 13.8 Å². The smallest absolute Gasteiger partial charge is 0.239 e. The van der Waals surface area contributed by atoms with Crippen LogP contribution in [-0.4, -0.2) is 33.7 Å². The fourth-order valence-corrected chi connectivity index (χ4v) is 1.44. The van der Waals surface area contributed by atoms with E-state index in [0.29, 0.717) is 6.54 Å². The van der Waals surface area contributed by atoms with Crippen molar-refractivity contribution in [3.8, 4) is 0 Å². The van der Waals surface area contributed by atoms with Gasteiger partial charge < -0.3 is 10.6 Å². The van der Waals surface area contributed by atoms with E-state index in [9.17, 15) is 4.79 Å². The molecule has 5 nitrogen and oxygen atoms in total. The van der Waals surface area contributed by atoms with Crippen LogP contribution < -0.4 is 5.73 Å². The fraction of sp³-hybridized carbons (Fsp3) is 0.636. The number of aryl methyl sites for hydroxylation is 1. The summed E-state index contributed by atoms with van der Waals surface area (Å²) >= 11 is 0. The maximum absolute atomic E-state index is 11.9. The molecule has 0 unspecified atom stereocenters. The van der Waals surface area contributed by atoms with Crippen molar-refractivity contribution >= 4 is 30.7 Å². The second-order valence-corrected chi connectivity index (χ2v) is 4.49. The van der Waals surface area contributed by atoms with Crippen molar-refractivity contribution in [3.63, 3.8) is 0 Å². The first-order valence-corrected chi connectivity index (χ1v) is 5.40. The van der Waals surface area contributed by atoms with Crippen molar-refractivity contribution in [2.75, 3.05) is 7.05 Å². The number of carbonyl (C=O) groups is 1. The second kappa shape index (κ2) is 8.34. The topological polar surface area (TPSA) is 64.2 Å². The number of nitrogens with two attached hydrogens (primary N) is 1. The van der Waals surface area contributed by atoms with E-state index in [-0.39, 0.29) is 36.6 Å². The molecule has 1 atom stereocenters. The third-order valence-corrected chi connectivity index (χ3v) is 2.56. The molecule has 106 valence electrons. The van der Waals surface area contributed by atoms with E-state index < -0.39 is 6.04 Å². The van der Waals surface area contributed by atoms with Crippen LogP contribution in [0.1, 0.15) is 19.4 Å². The van der Waals surface area contributed by atoms with Gasteiger partial charge in [0.15, 0.2) is 0 Å². The predicted octanol–water partition coefficient (Wildman–Crippen LogP) is 1.21. The van der Waals surface area contributed by atoms with Crippen molar-refractivity contribution in [2.24, 2.45) is 18.7 Å². The average Bonchev–Trinajstić information content (AvgIpc) is 2.61. The Kier molecular flexibility index (Phi) is 9.07. The van der Waals surface area contributed by atoms with Gasteiger partial charge in [-0.05, 0) is 5.92 Å². The zero-order valence-electron chi connectivity index (χ0n) is 11.2. The lowest BCUT2D eigenvalue weighted by Gasteiger charge is -2.22. The van der Waals surface area contributed by atoms with Crippen molar-refractivity contribution in [1.29, 1.82) is 0 Å². The number of carbonyl (C=O) groups excluding carboxylic acids is 1. The lowest BCUT2D eigenvalue weighted by Crippen LogP contribution is -2.44. The zero-order chi connectivity index (χ0) is 12.3. The third-order valence-electron chi connectivity index (χ3n) is 2.56. The molecular formula is C11H22Cl2N4O. The van der Waals surface area contributed by atoms with Gasteiger partial charge in [-0.3, -0.25) is 9.48 Å². The number of hydrogen-bond donors (Lipinski definition) is 1. The number of likely N-dealkylation sites (N-methyl/N-ethyl adjacent to an activating group) is 1. The van der Waals surface area contributed by atoms with Gasteiger partial charge >= 0.3 is 0 Å². The highest BCUT2D eigenvalue weighted by Gasteiger charge is 2.21. The van der Waals surface area contributed by atoms with Gasteiger partial charge in [0, 0.05) is 32.4 Å². The lowest BCUT2D eigenvalue weighted by molar-refractivity contribution is -0.132. The minimum absolute atomic E-state index is 0. The van der Waals surface area contributed by atoms with E-state index in [4.69, 9.17) is 5.73 Å². The summed E-state index contributed by atoms with van der Waals surface area (Å²) in [7, 11) is 3.61. The van der Waals surface area contributed by atoms with Crippen molar-refractivity contribution in [3.05, 3.63) is 18.0 Å². The molecule has 0 aliphatic rings. The molecule has 1 aromatic heterocycles. The highest BCUT2D eigenvalue weighted by atomic mass is 35.5. The number of hydrogen-bond acceptors (Lipinski definition) is 3. The van der Waals surface area contributed by atoms with Gasteiger partial charge in [0.1, 0.15) is 0 Å². The molecule has 0 saturated heterocycles. The normalized spacial score (nSPS) is 11.4. The summed E-state index contributed by atoms with van der Waals surface area (Å²) in [6.07, 6.45) is 3.65. The summed E-state index contributed by atoms with van der Waals surface area (Å²) < 4.78 is 1.72. The van der Waals surface area contributed by atoms with Crippen LogP contribution in [0.15, 0.2) is 12.4 Å². The molecule has 18 heavy (non-hydrogen) atoms. The molecule has 0 bridgehead atoms. The minimum Gasteiger partial charge on any atom is -0.340 e. The first kappa shape index (κ1) is 19.6. The van der Waals surface area contributed by atoms with Crippen LogP contribution in [0, 0.1) is 5.92 Å². The van der Waals surface area contributed by atoms with E-state index in [1.807, 2.05) is 27.1 Å². The lowest BCUT2D eigenvalue weighted by atomic mass is 10.0. The van der Waals surface area contributed by atoms with Crippen molar-refractivity contribution < 1.29 is 4.79 Å². The standard InChI is InChI=1S/C11H20N4O.2ClH/c1-8(2)10(12)11(16)14(3)6-9-5-13-15(4)7-9;;/h5,7-8,10H,6,12H2,1-4H3;2*1H/t10-;;/m1../s1. The van der Waals surface area contributed by atoms with Crippen LogP contribution >= 0.6 is 24.8 Å². The van der Waals surface area contributed by atoms with E-state index in [2.05, 4.69) is 5.10 Å². The van der Waals surface area contributed by atoms with Gasteiger partial charge in [0.05, 0.1) is 12.2 Å². The first-order chi connectivity index (χ1) is 7.41. The molecule has 0 fully saturated rings. The maximum atomic E-state index is 11.9. The molecule has 1 amide bonds. The van der Waals surface area contributed by atoms with Crippen molar-refractivity contribution in [2.45, 2.75) is 26.4 Å². The molecular weight excluding hydrogens is 275 g/mol. The van der Waals surface area contributed by atoms with E-state index in [0.717, 1.165) is 5.56 Å². The fourth-order valence-electron chi connectivity index (χ4n) is 1.44. The molecule has 7 heteroatoms. The van der Waals surface area contributed by atoms with Crippen LogP contribution in [0.5, 0.6) is 0 Å². The minimum atomic E-state index is -0.429. The molecule has 0 aliphatic carbocycles. The predicted molar refractivity (Wildman–Crippen MR) is 77.0 cm³/mol. The monoisotopic (exact) mass is 296 g/mol. The molecule has 1 rings (SSSR count). The van der Waals surface area contributed by atoms with Crippen LogP contribution in [0.3, 0.4) is 0 Å². The van der Waals surface area contributed by atoms with Gasteiger partial charge in [-0.25, -0.2) is 0 Å². The Bertz CT molecular complexity index is 368. The Balaban J connectivity index is 0. The quantitative estimate of drug-likeness (QED) is 0.908. The van der Waals surface area contributed by atoms with Crippen LogP contribution in [-0.2, 0) is 18.4 Å². The summed E-state index contributed by atoms with van der Waals surface area (Å²) in [5.74, 6) is 0.128. The maximum Gasteiger partial charge on any atom is 0.239 e. The Morgan fingerprint density at radius 2 is 2.06 bits per heavy atom. The van der Waals surface area contributed by atoms with E-state index in [1.54, 1.807) is 22.8 Å². The zero-order valence-corrected chi connectivity index (χ0v) is 12.8. The van der Waals surface area contributed by atoms with Crippen LogP contribution in [0.2, 0.25) is 0 Å². The molecule has 1 aromatic rings. The largest absolute Gasteiger partial charge is 0.340 e. The number of aromatic nitrogens is 2. The van der Waals surface area contributed by atoms with Crippen LogP contribution in [0.4, 0.5) is 0 Å². The second-order valence-electron chi connectivity index (χ2n) is 4.49. The van der Waals surface area contributed by atoms with Gasteiger partial charge in [0.25, 0.3) is 0 Å². The Morgan fingerprint density at radius 1 is 1.50 bits per heavy atom. The number of rotatable bonds is 4. The molecule has 0 radical (unpaired) electrons.